The Bertz CT molecular complexity index is 673. The second kappa shape index (κ2) is 5.23. The first-order valence-electron chi connectivity index (χ1n) is 7.03. The summed E-state index contributed by atoms with van der Waals surface area (Å²) in [5.74, 6) is -2.53. The van der Waals surface area contributed by atoms with E-state index < -0.39 is 36.4 Å². The van der Waals surface area contributed by atoms with Crippen molar-refractivity contribution >= 4 is 11.9 Å². The summed E-state index contributed by atoms with van der Waals surface area (Å²) in [7, 11) is 0. The number of aliphatic carboxylic acids is 1. The van der Waals surface area contributed by atoms with Crippen LogP contribution in [0.15, 0.2) is 18.2 Å². The van der Waals surface area contributed by atoms with Crippen LogP contribution in [0.3, 0.4) is 0 Å². The van der Waals surface area contributed by atoms with Gasteiger partial charge in [-0.05, 0) is 29.7 Å². The quantitative estimate of drug-likeness (QED) is 0.903. The molecule has 0 spiro atoms. The normalized spacial score (nSPS) is 23.9. The van der Waals surface area contributed by atoms with Crippen LogP contribution in [0.2, 0.25) is 0 Å². The first kappa shape index (κ1) is 15.8. The molecular weight excluding hydrogens is 315 g/mol. The minimum absolute atomic E-state index is 0.238. The van der Waals surface area contributed by atoms with E-state index in [1.165, 1.54) is 6.07 Å². The lowest BCUT2D eigenvalue weighted by molar-refractivity contribution is -0.227. The molecule has 23 heavy (non-hydrogen) atoms. The van der Waals surface area contributed by atoms with E-state index in [9.17, 15) is 22.8 Å². The summed E-state index contributed by atoms with van der Waals surface area (Å²) in [6, 6.07) is 4.84. The smallest absolute Gasteiger partial charge is 0.406 e. The van der Waals surface area contributed by atoms with Crippen LogP contribution in [-0.4, -0.2) is 41.1 Å². The van der Waals surface area contributed by atoms with Crippen LogP contribution >= 0.6 is 0 Å². The molecule has 2 heterocycles. The number of nitrogens with zero attached hydrogens (tertiary/aromatic N) is 1. The van der Waals surface area contributed by atoms with E-state index in [4.69, 9.17) is 9.84 Å². The van der Waals surface area contributed by atoms with E-state index in [2.05, 4.69) is 0 Å². The first-order valence-corrected chi connectivity index (χ1v) is 7.03. The van der Waals surface area contributed by atoms with Crippen LogP contribution in [0.4, 0.5) is 13.2 Å². The SMILES string of the molecule is O=C(c1ccc2c(c1)COC2)N1CCC(C(=O)O)(C(F)(F)F)C1. The summed E-state index contributed by atoms with van der Waals surface area (Å²) in [6.07, 6.45) is -5.54. The van der Waals surface area contributed by atoms with Crippen molar-refractivity contribution in [2.45, 2.75) is 25.8 Å². The summed E-state index contributed by atoms with van der Waals surface area (Å²) in [5.41, 5.74) is -0.867. The molecule has 8 heteroatoms. The van der Waals surface area contributed by atoms with Gasteiger partial charge < -0.3 is 14.7 Å². The molecule has 3 rings (SSSR count). The fourth-order valence-electron chi connectivity index (χ4n) is 3.00. The molecule has 1 aromatic carbocycles. The summed E-state index contributed by atoms with van der Waals surface area (Å²) < 4.78 is 44.7. The minimum atomic E-state index is -4.90. The highest BCUT2D eigenvalue weighted by atomic mass is 19.4. The van der Waals surface area contributed by atoms with Crippen LogP contribution in [0.5, 0.6) is 0 Å². The predicted octanol–water partition coefficient (Wildman–Crippen LogP) is 2.20. The standard InChI is InChI=1S/C15H14F3NO4/c16-15(17,18)14(13(21)22)3-4-19(8-14)12(20)9-1-2-10-6-23-7-11(10)5-9/h1-2,5H,3-4,6-8H2,(H,21,22). The number of alkyl halides is 3. The number of rotatable bonds is 2. The molecule has 124 valence electrons. The topological polar surface area (TPSA) is 66.8 Å². The van der Waals surface area contributed by atoms with Crippen molar-refractivity contribution in [1.29, 1.82) is 0 Å². The van der Waals surface area contributed by atoms with E-state index in [0.29, 0.717) is 13.2 Å². The second-order valence-corrected chi connectivity index (χ2v) is 5.84. The van der Waals surface area contributed by atoms with Crippen molar-refractivity contribution in [1.82, 2.24) is 4.90 Å². The van der Waals surface area contributed by atoms with Gasteiger partial charge in [0.1, 0.15) is 0 Å². The van der Waals surface area contributed by atoms with Crippen molar-refractivity contribution < 1.29 is 32.6 Å². The third-order valence-electron chi connectivity index (χ3n) is 4.48. The fraction of sp³-hybridized carbons (Fsp3) is 0.467. The van der Waals surface area contributed by atoms with Gasteiger partial charge in [0.2, 0.25) is 0 Å². The van der Waals surface area contributed by atoms with Crippen molar-refractivity contribution in [3.8, 4) is 0 Å². The molecule has 0 bridgehead atoms. The monoisotopic (exact) mass is 329 g/mol. The van der Waals surface area contributed by atoms with Crippen LogP contribution in [-0.2, 0) is 22.7 Å². The molecule has 1 amide bonds. The summed E-state index contributed by atoms with van der Waals surface area (Å²) in [6.45, 7) is -0.293. The van der Waals surface area contributed by atoms with Gasteiger partial charge in [0.25, 0.3) is 5.91 Å². The average molecular weight is 329 g/mol. The number of carbonyl (C=O) groups is 2. The van der Waals surface area contributed by atoms with Gasteiger partial charge in [0.15, 0.2) is 5.41 Å². The van der Waals surface area contributed by atoms with E-state index in [1.807, 2.05) is 0 Å². The number of carbonyl (C=O) groups excluding carboxylic acids is 1. The van der Waals surface area contributed by atoms with E-state index in [1.54, 1.807) is 12.1 Å². The van der Waals surface area contributed by atoms with Gasteiger partial charge in [-0.2, -0.15) is 13.2 Å². The Labute approximate surface area is 129 Å². The van der Waals surface area contributed by atoms with Gasteiger partial charge in [-0.15, -0.1) is 0 Å². The molecule has 0 aliphatic carbocycles. The zero-order valence-corrected chi connectivity index (χ0v) is 12.0. The molecule has 2 aliphatic rings. The van der Waals surface area contributed by atoms with E-state index >= 15 is 0 Å². The molecule has 1 aromatic rings. The highest BCUT2D eigenvalue weighted by Crippen LogP contribution is 2.46. The zero-order chi connectivity index (χ0) is 16.8. The van der Waals surface area contributed by atoms with Gasteiger partial charge >= 0.3 is 12.1 Å². The molecule has 1 saturated heterocycles. The third-order valence-corrected chi connectivity index (χ3v) is 4.48. The predicted molar refractivity (Wildman–Crippen MR) is 71.6 cm³/mol. The van der Waals surface area contributed by atoms with Gasteiger partial charge in [0.05, 0.1) is 13.2 Å². The van der Waals surface area contributed by atoms with Gasteiger partial charge in [-0.1, -0.05) is 6.07 Å². The number of carboxylic acids is 1. The number of amides is 1. The molecule has 1 fully saturated rings. The molecule has 5 nitrogen and oxygen atoms in total. The van der Waals surface area contributed by atoms with Crippen LogP contribution in [0.25, 0.3) is 0 Å². The largest absolute Gasteiger partial charge is 0.481 e. The first-order chi connectivity index (χ1) is 10.7. The number of hydrogen-bond acceptors (Lipinski definition) is 3. The average Bonchev–Trinajstić information content (AvgIpc) is 3.12. The van der Waals surface area contributed by atoms with Crippen molar-refractivity contribution in [3.63, 3.8) is 0 Å². The number of carboxylic acid groups (broad SMARTS) is 1. The Morgan fingerprint density at radius 3 is 2.52 bits per heavy atom. The Balaban J connectivity index is 1.83. The van der Waals surface area contributed by atoms with Gasteiger partial charge in [-0.25, -0.2) is 0 Å². The summed E-state index contributed by atoms with van der Waals surface area (Å²) in [4.78, 5) is 24.5. The van der Waals surface area contributed by atoms with E-state index in [0.717, 1.165) is 16.0 Å². The zero-order valence-electron chi connectivity index (χ0n) is 12.0. The van der Waals surface area contributed by atoms with E-state index in [-0.39, 0.29) is 12.1 Å². The molecule has 1 atom stereocenters. The number of likely N-dealkylation sites (tertiary alicyclic amines) is 1. The van der Waals surface area contributed by atoms with Crippen LogP contribution in [0, 0.1) is 5.41 Å². The van der Waals surface area contributed by atoms with Gasteiger partial charge in [-0.3, -0.25) is 9.59 Å². The molecule has 0 radical (unpaired) electrons. The highest BCUT2D eigenvalue weighted by molar-refractivity contribution is 5.95. The maximum absolute atomic E-state index is 13.2. The Hall–Kier alpha value is -2.09. The number of ether oxygens (including phenoxy) is 1. The number of hydrogen-bond donors (Lipinski definition) is 1. The maximum Gasteiger partial charge on any atom is 0.406 e. The Morgan fingerprint density at radius 1 is 1.22 bits per heavy atom. The molecule has 0 saturated carbocycles. The molecular formula is C15H14F3NO4. The van der Waals surface area contributed by atoms with Crippen molar-refractivity contribution in [2.75, 3.05) is 13.1 Å². The fourth-order valence-corrected chi connectivity index (χ4v) is 3.00. The third kappa shape index (κ3) is 2.46. The maximum atomic E-state index is 13.2. The number of benzene rings is 1. The molecule has 2 aliphatic heterocycles. The minimum Gasteiger partial charge on any atom is -0.481 e. The summed E-state index contributed by atoms with van der Waals surface area (Å²) in [5, 5.41) is 9.02. The Morgan fingerprint density at radius 2 is 1.91 bits per heavy atom. The Kier molecular flexibility index (Phi) is 3.59. The van der Waals surface area contributed by atoms with Gasteiger partial charge in [0, 0.05) is 18.7 Å². The highest BCUT2D eigenvalue weighted by Gasteiger charge is 2.64. The van der Waals surface area contributed by atoms with Crippen LogP contribution in [0.1, 0.15) is 27.9 Å². The molecule has 1 unspecified atom stereocenters. The second-order valence-electron chi connectivity index (χ2n) is 5.84. The summed E-state index contributed by atoms with van der Waals surface area (Å²) >= 11 is 0. The van der Waals surface area contributed by atoms with Crippen molar-refractivity contribution in [2.24, 2.45) is 5.41 Å². The number of fused-ring (bicyclic) bond motifs is 1. The lowest BCUT2D eigenvalue weighted by Gasteiger charge is -2.27. The number of halogens is 3. The molecule has 0 aromatic heterocycles. The molecule has 1 N–H and O–H groups in total. The van der Waals surface area contributed by atoms with Crippen molar-refractivity contribution in [3.05, 3.63) is 34.9 Å². The lowest BCUT2D eigenvalue weighted by atomic mass is 9.86. The van der Waals surface area contributed by atoms with Crippen LogP contribution < -0.4 is 0 Å². The lowest BCUT2D eigenvalue weighted by Crippen LogP contribution is -2.47.